The van der Waals surface area contributed by atoms with Crippen LogP contribution in [0, 0.1) is 0 Å². The van der Waals surface area contributed by atoms with Crippen LogP contribution in [0.4, 0.5) is 0 Å². The third-order valence-corrected chi connectivity index (χ3v) is 4.87. The largest absolute Gasteiger partial charge is 0.489 e. The fourth-order valence-electron chi connectivity index (χ4n) is 3.07. The number of nitrogens with one attached hydrogen (secondary N) is 1. The predicted octanol–water partition coefficient (Wildman–Crippen LogP) is 4.44. The van der Waals surface area contributed by atoms with Crippen LogP contribution in [-0.2, 0) is 11.2 Å². The standard InChI is InChI=1S/C19H28ClNO3/c1-2-3-4-5-6-7-8-14-9-10-15(11-17(14)20)24-16-12-18(19(22)23)21-13-16/h9-11,16,18,21H,2-8,12-13H2,1H3,(H,22,23)/t16-,18+/m1/s1. The fraction of sp³-hybridized carbons (Fsp3) is 0.632. The second-order valence-electron chi connectivity index (χ2n) is 6.55. The zero-order valence-corrected chi connectivity index (χ0v) is 15.1. The molecule has 1 saturated heterocycles. The molecule has 0 amide bonds. The van der Waals surface area contributed by atoms with Crippen LogP contribution in [-0.4, -0.2) is 29.8 Å². The Bertz CT molecular complexity index is 535. The summed E-state index contributed by atoms with van der Waals surface area (Å²) in [4.78, 5) is 10.9. The molecule has 1 aromatic carbocycles. The van der Waals surface area contributed by atoms with Gasteiger partial charge in [0.2, 0.25) is 0 Å². The van der Waals surface area contributed by atoms with Gasteiger partial charge in [-0.25, -0.2) is 0 Å². The van der Waals surface area contributed by atoms with E-state index in [0.717, 1.165) is 23.4 Å². The van der Waals surface area contributed by atoms with E-state index >= 15 is 0 Å². The number of aliphatic carboxylic acids is 1. The molecule has 0 aliphatic carbocycles. The van der Waals surface area contributed by atoms with Gasteiger partial charge >= 0.3 is 5.97 Å². The SMILES string of the molecule is CCCCCCCCc1ccc(O[C@H]2CN[C@H](C(=O)O)C2)cc1Cl. The average molecular weight is 354 g/mol. The van der Waals surface area contributed by atoms with E-state index in [9.17, 15) is 4.79 Å². The van der Waals surface area contributed by atoms with Gasteiger partial charge in [0.15, 0.2) is 0 Å². The minimum Gasteiger partial charge on any atom is -0.489 e. The first-order valence-corrected chi connectivity index (χ1v) is 9.39. The molecule has 1 aliphatic heterocycles. The Hall–Kier alpha value is -1.26. The summed E-state index contributed by atoms with van der Waals surface area (Å²) in [7, 11) is 0. The number of halogens is 1. The van der Waals surface area contributed by atoms with Crippen molar-refractivity contribution in [3.05, 3.63) is 28.8 Å². The highest BCUT2D eigenvalue weighted by Gasteiger charge is 2.30. The van der Waals surface area contributed by atoms with Gasteiger partial charge in [0, 0.05) is 18.0 Å². The Morgan fingerprint density at radius 2 is 2.04 bits per heavy atom. The average Bonchev–Trinajstić information content (AvgIpc) is 3.01. The Balaban J connectivity index is 1.76. The second kappa shape index (κ2) is 9.90. The molecule has 0 unspecified atom stereocenters. The molecule has 5 heteroatoms. The minimum atomic E-state index is -0.826. The monoisotopic (exact) mass is 353 g/mol. The maximum Gasteiger partial charge on any atom is 0.320 e. The van der Waals surface area contributed by atoms with E-state index in [2.05, 4.69) is 12.2 Å². The number of rotatable bonds is 10. The lowest BCUT2D eigenvalue weighted by Gasteiger charge is -2.14. The Morgan fingerprint density at radius 1 is 1.29 bits per heavy atom. The molecule has 24 heavy (non-hydrogen) atoms. The lowest BCUT2D eigenvalue weighted by Crippen LogP contribution is -2.30. The van der Waals surface area contributed by atoms with Gasteiger partial charge in [0.25, 0.3) is 0 Å². The molecule has 1 aliphatic rings. The van der Waals surface area contributed by atoms with Crippen molar-refractivity contribution in [1.82, 2.24) is 5.32 Å². The molecular formula is C19H28ClNO3. The Morgan fingerprint density at radius 3 is 2.71 bits per heavy atom. The van der Waals surface area contributed by atoms with Crippen molar-refractivity contribution in [3.63, 3.8) is 0 Å². The van der Waals surface area contributed by atoms with Gasteiger partial charge in [0.05, 0.1) is 0 Å². The summed E-state index contributed by atoms with van der Waals surface area (Å²) in [5.74, 6) is -0.113. The fourth-order valence-corrected chi connectivity index (χ4v) is 3.34. The van der Waals surface area contributed by atoms with Crippen LogP contribution in [0.25, 0.3) is 0 Å². The van der Waals surface area contributed by atoms with Crippen molar-refractivity contribution < 1.29 is 14.6 Å². The maximum atomic E-state index is 10.9. The lowest BCUT2D eigenvalue weighted by atomic mass is 10.0. The van der Waals surface area contributed by atoms with Crippen LogP contribution in [0.3, 0.4) is 0 Å². The number of unbranched alkanes of at least 4 members (excludes halogenated alkanes) is 5. The summed E-state index contributed by atoms with van der Waals surface area (Å²) in [5.41, 5.74) is 1.16. The first-order chi connectivity index (χ1) is 11.6. The van der Waals surface area contributed by atoms with Crippen LogP contribution in [0.1, 0.15) is 57.4 Å². The molecule has 0 aromatic heterocycles. The minimum absolute atomic E-state index is 0.119. The lowest BCUT2D eigenvalue weighted by molar-refractivity contribution is -0.139. The van der Waals surface area contributed by atoms with Crippen LogP contribution in [0.15, 0.2) is 18.2 Å². The molecule has 1 aromatic rings. The number of benzene rings is 1. The Kier molecular flexibility index (Phi) is 7.86. The van der Waals surface area contributed by atoms with Crippen LogP contribution < -0.4 is 10.1 Å². The first kappa shape index (κ1) is 19.1. The maximum absolute atomic E-state index is 10.9. The highest BCUT2D eigenvalue weighted by atomic mass is 35.5. The molecule has 2 N–H and O–H groups in total. The zero-order valence-electron chi connectivity index (χ0n) is 14.4. The van der Waals surface area contributed by atoms with Gasteiger partial charge in [0.1, 0.15) is 17.9 Å². The number of carbonyl (C=O) groups is 1. The van der Waals surface area contributed by atoms with E-state index in [-0.39, 0.29) is 6.10 Å². The van der Waals surface area contributed by atoms with Crippen molar-refractivity contribution in [2.45, 2.75) is 70.4 Å². The van der Waals surface area contributed by atoms with Crippen LogP contribution in [0.5, 0.6) is 5.75 Å². The van der Waals surface area contributed by atoms with Crippen molar-refractivity contribution in [2.75, 3.05) is 6.54 Å². The summed E-state index contributed by atoms with van der Waals surface area (Å²) in [6, 6.07) is 5.30. The summed E-state index contributed by atoms with van der Waals surface area (Å²) in [6.45, 7) is 2.78. The summed E-state index contributed by atoms with van der Waals surface area (Å²) in [5, 5.41) is 12.7. The van der Waals surface area contributed by atoms with Gasteiger partial charge in [-0.1, -0.05) is 56.7 Å². The summed E-state index contributed by atoms with van der Waals surface area (Å²) in [6.07, 6.45) is 8.99. The van der Waals surface area contributed by atoms with E-state index < -0.39 is 12.0 Å². The summed E-state index contributed by atoms with van der Waals surface area (Å²) >= 11 is 6.37. The number of ether oxygens (including phenoxy) is 1. The quantitative estimate of drug-likeness (QED) is 0.610. The van der Waals surface area contributed by atoms with Crippen molar-refractivity contribution in [2.24, 2.45) is 0 Å². The topological polar surface area (TPSA) is 58.6 Å². The molecule has 0 spiro atoms. The number of carboxylic acid groups (broad SMARTS) is 1. The normalized spacial score (nSPS) is 20.2. The highest BCUT2D eigenvalue weighted by Crippen LogP contribution is 2.26. The van der Waals surface area contributed by atoms with E-state index in [1.165, 1.54) is 32.1 Å². The molecular weight excluding hydrogens is 326 g/mol. The van der Waals surface area contributed by atoms with Crippen molar-refractivity contribution >= 4 is 17.6 Å². The molecule has 0 saturated carbocycles. The van der Waals surface area contributed by atoms with E-state index in [0.29, 0.717) is 18.7 Å². The molecule has 1 fully saturated rings. The number of hydrogen-bond donors (Lipinski definition) is 2. The third kappa shape index (κ3) is 5.99. The highest BCUT2D eigenvalue weighted by molar-refractivity contribution is 6.31. The van der Waals surface area contributed by atoms with Gasteiger partial charge in [-0.3, -0.25) is 4.79 Å². The molecule has 4 nitrogen and oxygen atoms in total. The predicted molar refractivity (Wildman–Crippen MR) is 97.0 cm³/mol. The van der Waals surface area contributed by atoms with Gasteiger partial charge in [-0.15, -0.1) is 0 Å². The first-order valence-electron chi connectivity index (χ1n) is 9.01. The third-order valence-electron chi connectivity index (χ3n) is 4.52. The van der Waals surface area contributed by atoms with Crippen LogP contribution in [0.2, 0.25) is 5.02 Å². The number of carboxylic acids is 1. The van der Waals surface area contributed by atoms with E-state index in [1.807, 2.05) is 18.2 Å². The molecule has 2 rings (SSSR count). The molecule has 1 heterocycles. The van der Waals surface area contributed by atoms with Gasteiger partial charge in [-0.05, 0) is 30.5 Å². The number of hydrogen-bond acceptors (Lipinski definition) is 3. The van der Waals surface area contributed by atoms with E-state index in [4.69, 9.17) is 21.4 Å². The van der Waals surface area contributed by atoms with Crippen molar-refractivity contribution in [3.8, 4) is 5.75 Å². The second-order valence-corrected chi connectivity index (χ2v) is 6.95. The molecule has 134 valence electrons. The molecule has 0 bridgehead atoms. The van der Waals surface area contributed by atoms with E-state index in [1.54, 1.807) is 0 Å². The number of aryl methyl sites for hydroxylation is 1. The van der Waals surface area contributed by atoms with Crippen LogP contribution >= 0.6 is 11.6 Å². The van der Waals surface area contributed by atoms with Gasteiger partial charge in [-0.2, -0.15) is 0 Å². The Labute approximate surface area is 149 Å². The molecule has 0 radical (unpaired) electrons. The molecule has 2 atom stereocenters. The van der Waals surface area contributed by atoms with Crippen molar-refractivity contribution in [1.29, 1.82) is 0 Å². The van der Waals surface area contributed by atoms with Gasteiger partial charge < -0.3 is 15.2 Å². The zero-order chi connectivity index (χ0) is 17.4. The summed E-state index contributed by atoms with van der Waals surface area (Å²) < 4.78 is 5.85. The smallest absolute Gasteiger partial charge is 0.320 e.